The van der Waals surface area contributed by atoms with Crippen molar-refractivity contribution in [1.82, 2.24) is 10.0 Å². The first-order chi connectivity index (χ1) is 8.83. The van der Waals surface area contributed by atoms with Gasteiger partial charge in [-0.3, -0.25) is 4.79 Å². The molecule has 2 amide bonds. The largest absolute Gasteiger partial charge is 0.352 e. The van der Waals surface area contributed by atoms with Gasteiger partial charge in [0.25, 0.3) is 0 Å². The number of carbonyl (C=O) groups is 2. The van der Waals surface area contributed by atoms with E-state index in [9.17, 15) is 18.0 Å². The molecular weight excluding hydrogens is 270 g/mol. The van der Waals surface area contributed by atoms with Crippen molar-refractivity contribution in [3.8, 4) is 0 Å². The van der Waals surface area contributed by atoms with Crippen LogP contribution in [0.4, 0.5) is 4.79 Å². The highest BCUT2D eigenvalue weighted by Crippen LogP contribution is 2.10. The summed E-state index contributed by atoms with van der Waals surface area (Å²) in [6.45, 7) is 1.52. The Balaban J connectivity index is 2.66. The number of benzene rings is 1. The second kappa shape index (κ2) is 6.30. The molecule has 104 valence electrons. The van der Waals surface area contributed by atoms with E-state index in [1.54, 1.807) is 0 Å². The van der Waals surface area contributed by atoms with Crippen LogP contribution in [0.1, 0.15) is 17.3 Å². The Hall–Kier alpha value is -1.93. The van der Waals surface area contributed by atoms with Crippen LogP contribution < -0.4 is 15.8 Å². The minimum absolute atomic E-state index is 0.0275. The molecular formula is C11H15N3O4S. The maximum Gasteiger partial charge on any atom is 0.312 e. The fourth-order valence-electron chi connectivity index (χ4n) is 1.32. The number of Topliss-reactive ketones (excluding diaryl/α,β-unsaturated/α-hetero) is 1. The summed E-state index contributed by atoms with van der Waals surface area (Å²) in [6, 6.07) is 4.86. The molecule has 1 rings (SSSR count). The highest BCUT2D eigenvalue weighted by Gasteiger charge is 2.13. The van der Waals surface area contributed by atoms with Crippen LogP contribution >= 0.6 is 0 Å². The van der Waals surface area contributed by atoms with Gasteiger partial charge >= 0.3 is 6.03 Å². The van der Waals surface area contributed by atoms with Gasteiger partial charge in [-0.25, -0.2) is 17.9 Å². The van der Waals surface area contributed by atoms with Crippen LogP contribution in [0.5, 0.6) is 0 Å². The Morgan fingerprint density at radius 2 is 1.74 bits per heavy atom. The number of hydrogen-bond donors (Lipinski definition) is 3. The number of nitrogens with one attached hydrogen (secondary N) is 2. The molecule has 0 aliphatic heterocycles. The first-order valence-electron chi connectivity index (χ1n) is 5.47. The lowest BCUT2D eigenvalue weighted by molar-refractivity contribution is 0.101. The summed E-state index contributed by atoms with van der Waals surface area (Å²) < 4.78 is 25.9. The molecule has 8 heteroatoms. The third-order valence-electron chi connectivity index (χ3n) is 2.29. The summed E-state index contributed by atoms with van der Waals surface area (Å²) in [5, 5.41) is 2.26. The van der Waals surface area contributed by atoms with Crippen LogP contribution in [0.2, 0.25) is 0 Å². The van der Waals surface area contributed by atoms with Gasteiger partial charge < -0.3 is 11.1 Å². The molecule has 0 fully saturated rings. The van der Waals surface area contributed by atoms with Crippen LogP contribution in [0.25, 0.3) is 0 Å². The molecule has 4 N–H and O–H groups in total. The Bertz CT molecular complexity index is 566. The molecule has 0 radical (unpaired) electrons. The van der Waals surface area contributed by atoms with Gasteiger partial charge in [0.2, 0.25) is 10.0 Å². The van der Waals surface area contributed by atoms with E-state index in [1.807, 2.05) is 0 Å². The molecule has 0 unspecified atom stereocenters. The first kappa shape index (κ1) is 15.1. The van der Waals surface area contributed by atoms with Crippen molar-refractivity contribution in [3.05, 3.63) is 29.8 Å². The summed E-state index contributed by atoms with van der Waals surface area (Å²) in [6.07, 6.45) is 0. The summed E-state index contributed by atoms with van der Waals surface area (Å²) >= 11 is 0. The van der Waals surface area contributed by atoms with E-state index < -0.39 is 16.1 Å². The Kier molecular flexibility index (Phi) is 5.02. The van der Waals surface area contributed by atoms with Crippen molar-refractivity contribution in [2.75, 3.05) is 13.1 Å². The molecule has 1 aromatic rings. The Labute approximate surface area is 111 Å². The molecule has 0 atom stereocenters. The van der Waals surface area contributed by atoms with E-state index in [2.05, 4.69) is 10.0 Å². The zero-order valence-electron chi connectivity index (χ0n) is 10.3. The van der Waals surface area contributed by atoms with Gasteiger partial charge in [-0.1, -0.05) is 12.1 Å². The van der Waals surface area contributed by atoms with Crippen molar-refractivity contribution < 1.29 is 18.0 Å². The molecule has 19 heavy (non-hydrogen) atoms. The highest BCUT2D eigenvalue weighted by molar-refractivity contribution is 7.89. The van der Waals surface area contributed by atoms with Crippen molar-refractivity contribution in [2.24, 2.45) is 5.73 Å². The highest BCUT2D eigenvalue weighted by atomic mass is 32.2. The van der Waals surface area contributed by atoms with Gasteiger partial charge in [-0.2, -0.15) is 0 Å². The molecule has 1 aromatic carbocycles. The van der Waals surface area contributed by atoms with Crippen LogP contribution in [-0.4, -0.2) is 33.3 Å². The molecule has 0 saturated carbocycles. The van der Waals surface area contributed by atoms with E-state index in [0.717, 1.165) is 0 Å². The number of carbonyl (C=O) groups excluding carboxylic acids is 2. The van der Waals surface area contributed by atoms with Crippen LogP contribution in [0, 0.1) is 0 Å². The average Bonchev–Trinajstić information content (AvgIpc) is 2.34. The van der Waals surface area contributed by atoms with E-state index in [4.69, 9.17) is 5.73 Å². The number of nitrogens with two attached hydrogens (primary N) is 1. The number of ketones is 1. The molecule has 0 saturated heterocycles. The zero-order chi connectivity index (χ0) is 14.5. The predicted molar refractivity (Wildman–Crippen MR) is 69.2 cm³/mol. The number of rotatable bonds is 6. The lowest BCUT2D eigenvalue weighted by Gasteiger charge is -2.07. The Morgan fingerprint density at radius 3 is 2.21 bits per heavy atom. The van der Waals surface area contributed by atoms with Gasteiger partial charge in [0, 0.05) is 18.7 Å². The zero-order valence-corrected chi connectivity index (χ0v) is 11.2. The molecule has 0 aromatic heterocycles. The quantitative estimate of drug-likeness (QED) is 0.497. The fraction of sp³-hybridized carbons (Fsp3) is 0.273. The average molecular weight is 285 g/mol. The number of urea groups is 1. The van der Waals surface area contributed by atoms with Gasteiger partial charge in [-0.05, 0) is 19.1 Å². The van der Waals surface area contributed by atoms with E-state index >= 15 is 0 Å². The van der Waals surface area contributed by atoms with Crippen molar-refractivity contribution in [1.29, 1.82) is 0 Å². The summed E-state index contributed by atoms with van der Waals surface area (Å²) in [7, 11) is -3.65. The smallest absolute Gasteiger partial charge is 0.312 e. The topological polar surface area (TPSA) is 118 Å². The lowest BCUT2D eigenvalue weighted by atomic mass is 10.2. The van der Waals surface area contributed by atoms with Crippen molar-refractivity contribution in [3.63, 3.8) is 0 Å². The minimum atomic E-state index is -3.65. The van der Waals surface area contributed by atoms with Gasteiger partial charge in [-0.15, -0.1) is 0 Å². The number of primary amides is 1. The molecule has 0 heterocycles. The third kappa shape index (κ3) is 4.68. The summed E-state index contributed by atoms with van der Waals surface area (Å²) in [5.74, 6) is -0.137. The normalized spacial score (nSPS) is 11.0. The van der Waals surface area contributed by atoms with Gasteiger partial charge in [0.05, 0.1) is 4.90 Å². The van der Waals surface area contributed by atoms with Crippen molar-refractivity contribution in [2.45, 2.75) is 11.8 Å². The van der Waals surface area contributed by atoms with Crippen molar-refractivity contribution >= 4 is 21.8 Å². The maximum atomic E-state index is 11.8. The van der Waals surface area contributed by atoms with Crippen LogP contribution in [-0.2, 0) is 10.0 Å². The summed E-state index contributed by atoms with van der Waals surface area (Å²) in [4.78, 5) is 21.5. The first-order valence-corrected chi connectivity index (χ1v) is 6.95. The monoisotopic (exact) mass is 285 g/mol. The lowest BCUT2D eigenvalue weighted by Crippen LogP contribution is -2.37. The van der Waals surface area contributed by atoms with Gasteiger partial charge in [0.15, 0.2) is 5.78 Å². The van der Waals surface area contributed by atoms with Gasteiger partial charge in [0.1, 0.15) is 0 Å². The fourth-order valence-corrected chi connectivity index (χ4v) is 2.36. The standard InChI is InChI=1S/C11H15N3O4S/c1-8(15)9-2-4-10(5-3-9)19(17,18)14-7-6-13-11(12)16/h2-5,14H,6-7H2,1H3,(H3,12,13,16). The maximum absolute atomic E-state index is 11.8. The number of sulfonamides is 1. The molecule has 0 aliphatic carbocycles. The second-order valence-corrected chi connectivity index (χ2v) is 5.54. The Morgan fingerprint density at radius 1 is 1.16 bits per heavy atom. The predicted octanol–water partition coefficient (Wildman–Crippen LogP) is -0.164. The molecule has 0 aliphatic rings. The van der Waals surface area contributed by atoms with Crippen LogP contribution in [0.15, 0.2) is 29.2 Å². The number of amides is 2. The minimum Gasteiger partial charge on any atom is -0.352 e. The third-order valence-corrected chi connectivity index (χ3v) is 3.76. The molecule has 0 bridgehead atoms. The van der Waals surface area contributed by atoms with E-state index in [-0.39, 0.29) is 23.8 Å². The SMILES string of the molecule is CC(=O)c1ccc(S(=O)(=O)NCCNC(N)=O)cc1. The number of hydrogen-bond acceptors (Lipinski definition) is 4. The second-order valence-electron chi connectivity index (χ2n) is 3.77. The van der Waals surface area contributed by atoms with E-state index in [1.165, 1.54) is 31.2 Å². The molecule has 0 spiro atoms. The van der Waals surface area contributed by atoms with E-state index in [0.29, 0.717) is 5.56 Å². The molecule has 7 nitrogen and oxygen atoms in total. The van der Waals surface area contributed by atoms with Crippen LogP contribution in [0.3, 0.4) is 0 Å². The summed E-state index contributed by atoms with van der Waals surface area (Å²) in [5.41, 5.74) is 5.28.